The van der Waals surface area contributed by atoms with E-state index in [4.69, 9.17) is 0 Å². The quantitative estimate of drug-likeness (QED) is 0.597. The molecule has 0 bridgehead atoms. The fraction of sp³-hybridized carbons (Fsp3) is 0.458. The van der Waals surface area contributed by atoms with Gasteiger partial charge in [-0.15, -0.1) is 0 Å². The third-order valence-electron chi connectivity index (χ3n) is 6.73. The number of pyridine rings is 1. The van der Waals surface area contributed by atoms with E-state index in [9.17, 15) is 9.59 Å². The third-order valence-corrected chi connectivity index (χ3v) is 7.81. The highest BCUT2D eigenvalue weighted by atomic mass is 32.1. The van der Waals surface area contributed by atoms with E-state index in [0.717, 1.165) is 61.0 Å². The van der Waals surface area contributed by atoms with E-state index in [-0.39, 0.29) is 10.8 Å². The van der Waals surface area contributed by atoms with Gasteiger partial charge in [0.05, 0.1) is 22.5 Å². The number of piperazine rings is 1. The number of hydrogen-bond donors (Lipinski definition) is 1. The molecule has 1 aliphatic heterocycles. The molecule has 10 heteroatoms. The summed E-state index contributed by atoms with van der Waals surface area (Å²) in [5, 5.41) is 3.18. The van der Waals surface area contributed by atoms with Crippen LogP contribution in [0.2, 0.25) is 0 Å². The Morgan fingerprint density at radius 2 is 1.85 bits per heavy atom. The minimum absolute atomic E-state index is 0.0916. The van der Waals surface area contributed by atoms with Crippen molar-refractivity contribution in [1.82, 2.24) is 24.4 Å². The van der Waals surface area contributed by atoms with Gasteiger partial charge < -0.3 is 15.1 Å². The van der Waals surface area contributed by atoms with Crippen molar-refractivity contribution in [2.75, 3.05) is 36.4 Å². The van der Waals surface area contributed by atoms with Gasteiger partial charge in [0.25, 0.3) is 0 Å². The van der Waals surface area contributed by atoms with E-state index >= 15 is 0 Å². The zero-order chi connectivity index (χ0) is 23.7. The van der Waals surface area contributed by atoms with Gasteiger partial charge >= 0.3 is 4.87 Å². The normalized spacial score (nSPS) is 16.8. The molecule has 4 heterocycles. The van der Waals surface area contributed by atoms with Crippen molar-refractivity contribution >= 4 is 34.7 Å². The van der Waals surface area contributed by atoms with Crippen LogP contribution in [-0.4, -0.2) is 56.5 Å². The number of hydrogen-bond acceptors (Lipinski definition) is 8. The van der Waals surface area contributed by atoms with Crippen molar-refractivity contribution in [3.05, 3.63) is 46.0 Å². The van der Waals surface area contributed by atoms with Crippen molar-refractivity contribution in [2.45, 2.75) is 45.6 Å². The van der Waals surface area contributed by atoms with Crippen LogP contribution in [0.25, 0.3) is 10.6 Å². The van der Waals surface area contributed by atoms with Crippen LogP contribution in [0.4, 0.5) is 17.5 Å². The first-order valence-corrected chi connectivity index (χ1v) is 12.6. The molecule has 3 aromatic rings. The Bertz CT molecular complexity index is 1220. The maximum Gasteiger partial charge on any atom is 0.308 e. The van der Waals surface area contributed by atoms with Crippen LogP contribution < -0.4 is 15.1 Å². The number of aromatic nitrogens is 4. The SMILES string of the molecule is CC(=O)N1CCN(c2ccc(Nc3nccc(-c4sc(=O)n(C5CCCC5)c4C)n3)nc2)CC1. The summed E-state index contributed by atoms with van der Waals surface area (Å²) in [6, 6.07) is 6.08. The number of thiazole rings is 1. The summed E-state index contributed by atoms with van der Waals surface area (Å²) in [5.41, 5.74) is 2.75. The molecule has 34 heavy (non-hydrogen) atoms. The number of amides is 1. The highest BCUT2D eigenvalue weighted by Gasteiger charge is 2.24. The van der Waals surface area contributed by atoms with E-state index in [0.29, 0.717) is 17.8 Å². The first-order valence-electron chi connectivity index (χ1n) is 11.8. The largest absolute Gasteiger partial charge is 0.367 e. The van der Waals surface area contributed by atoms with E-state index in [1.807, 2.05) is 40.8 Å². The molecule has 0 radical (unpaired) electrons. The average Bonchev–Trinajstić information content (AvgIpc) is 3.47. The Hall–Kier alpha value is -3.27. The van der Waals surface area contributed by atoms with E-state index < -0.39 is 0 Å². The van der Waals surface area contributed by atoms with E-state index in [1.165, 1.54) is 24.2 Å². The molecule has 1 saturated carbocycles. The van der Waals surface area contributed by atoms with Crippen molar-refractivity contribution in [1.29, 1.82) is 0 Å². The molecular formula is C24H29N7O2S. The average molecular weight is 480 g/mol. The van der Waals surface area contributed by atoms with Gasteiger partial charge in [0.2, 0.25) is 11.9 Å². The summed E-state index contributed by atoms with van der Waals surface area (Å²) in [6.45, 7) is 6.66. The highest BCUT2D eigenvalue weighted by Crippen LogP contribution is 2.34. The number of carbonyl (C=O) groups is 1. The lowest BCUT2D eigenvalue weighted by molar-refractivity contribution is -0.129. The minimum Gasteiger partial charge on any atom is -0.367 e. The molecular weight excluding hydrogens is 450 g/mol. The lowest BCUT2D eigenvalue weighted by Crippen LogP contribution is -2.48. The van der Waals surface area contributed by atoms with Gasteiger partial charge in [-0.05, 0) is 38.0 Å². The molecule has 0 spiro atoms. The molecule has 1 N–H and O–H groups in total. The topological polar surface area (TPSA) is 96.2 Å². The van der Waals surface area contributed by atoms with E-state index in [2.05, 4.69) is 25.2 Å². The summed E-state index contributed by atoms with van der Waals surface area (Å²) in [5.74, 6) is 1.22. The monoisotopic (exact) mass is 479 g/mol. The maximum absolute atomic E-state index is 12.7. The zero-order valence-corrected chi connectivity index (χ0v) is 20.3. The molecule has 5 rings (SSSR count). The van der Waals surface area contributed by atoms with Gasteiger partial charge in [0.1, 0.15) is 5.82 Å². The molecule has 178 valence electrons. The molecule has 0 unspecified atom stereocenters. The Balaban J connectivity index is 1.29. The Labute approximate surface area is 202 Å². The lowest BCUT2D eigenvalue weighted by atomic mass is 10.2. The standard InChI is InChI=1S/C24H29N7O2S/c1-16-22(34-24(33)31(16)18-5-3-4-6-18)20-9-10-25-23(27-20)28-21-8-7-19(15-26-21)30-13-11-29(12-14-30)17(2)32/h7-10,15,18H,3-6,11-14H2,1-2H3,(H,25,26,27,28). The first kappa shape index (κ1) is 22.5. The number of anilines is 3. The number of nitrogens with one attached hydrogen (secondary N) is 1. The second-order valence-electron chi connectivity index (χ2n) is 8.88. The predicted molar refractivity (Wildman–Crippen MR) is 134 cm³/mol. The van der Waals surface area contributed by atoms with Gasteiger partial charge in [-0.3, -0.25) is 14.2 Å². The molecule has 3 aromatic heterocycles. The summed E-state index contributed by atoms with van der Waals surface area (Å²) < 4.78 is 1.96. The minimum atomic E-state index is 0.0916. The van der Waals surface area contributed by atoms with Gasteiger partial charge in [-0.1, -0.05) is 24.2 Å². The van der Waals surface area contributed by atoms with Crippen molar-refractivity contribution in [3.63, 3.8) is 0 Å². The molecule has 2 fully saturated rings. The van der Waals surface area contributed by atoms with Crippen LogP contribution in [-0.2, 0) is 4.79 Å². The third kappa shape index (κ3) is 4.54. The van der Waals surface area contributed by atoms with Crippen LogP contribution >= 0.6 is 11.3 Å². The molecule has 9 nitrogen and oxygen atoms in total. The Kier molecular flexibility index (Phi) is 6.32. The highest BCUT2D eigenvalue weighted by molar-refractivity contribution is 7.13. The fourth-order valence-electron chi connectivity index (χ4n) is 4.87. The molecule has 0 atom stereocenters. The van der Waals surface area contributed by atoms with Gasteiger partial charge in [0, 0.05) is 51.0 Å². The van der Waals surface area contributed by atoms with Crippen molar-refractivity contribution < 1.29 is 4.79 Å². The van der Waals surface area contributed by atoms with Crippen LogP contribution in [0, 0.1) is 6.92 Å². The summed E-state index contributed by atoms with van der Waals surface area (Å²) >= 11 is 1.26. The maximum atomic E-state index is 12.7. The molecule has 0 aromatic carbocycles. The number of nitrogens with zero attached hydrogens (tertiary/aromatic N) is 6. The molecule has 1 saturated heterocycles. The molecule has 1 aliphatic carbocycles. The second kappa shape index (κ2) is 9.54. The van der Waals surface area contributed by atoms with Crippen LogP contribution in [0.3, 0.4) is 0 Å². The van der Waals surface area contributed by atoms with E-state index in [1.54, 1.807) is 13.1 Å². The molecule has 2 aliphatic rings. The Morgan fingerprint density at radius 1 is 1.09 bits per heavy atom. The number of carbonyl (C=O) groups excluding carboxylic acids is 1. The lowest BCUT2D eigenvalue weighted by Gasteiger charge is -2.35. The van der Waals surface area contributed by atoms with Crippen molar-refractivity contribution in [2.24, 2.45) is 0 Å². The fourth-order valence-corrected chi connectivity index (χ4v) is 5.89. The van der Waals surface area contributed by atoms with Gasteiger partial charge in [-0.2, -0.15) is 0 Å². The smallest absolute Gasteiger partial charge is 0.308 e. The predicted octanol–water partition coefficient (Wildman–Crippen LogP) is 3.60. The molecule has 1 amide bonds. The Morgan fingerprint density at radius 3 is 2.53 bits per heavy atom. The number of rotatable bonds is 5. The summed E-state index contributed by atoms with van der Waals surface area (Å²) in [7, 11) is 0. The summed E-state index contributed by atoms with van der Waals surface area (Å²) in [6.07, 6.45) is 8.04. The van der Waals surface area contributed by atoms with Gasteiger partial charge in [0.15, 0.2) is 0 Å². The van der Waals surface area contributed by atoms with Crippen molar-refractivity contribution in [3.8, 4) is 10.6 Å². The first-order chi connectivity index (χ1) is 16.5. The second-order valence-corrected chi connectivity index (χ2v) is 9.84. The summed E-state index contributed by atoms with van der Waals surface area (Å²) in [4.78, 5) is 42.9. The zero-order valence-electron chi connectivity index (χ0n) is 19.5. The van der Waals surface area contributed by atoms with Crippen LogP contribution in [0.5, 0.6) is 0 Å². The van der Waals surface area contributed by atoms with Crippen LogP contribution in [0.1, 0.15) is 44.3 Å². The van der Waals surface area contributed by atoms with Gasteiger partial charge in [-0.25, -0.2) is 15.0 Å². The van der Waals surface area contributed by atoms with Crippen LogP contribution in [0.15, 0.2) is 35.4 Å².